The van der Waals surface area contributed by atoms with Gasteiger partial charge in [0, 0.05) is 20.8 Å². The minimum absolute atomic E-state index is 0.276. The summed E-state index contributed by atoms with van der Waals surface area (Å²) in [7, 11) is 0. The number of nitrogens with one attached hydrogen (secondary N) is 1. The maximum Gasteiger partial charge on any atom is 0.267 e. The van der Waals surface area contributed by atoms with Crippen LogP contribution in [0.5, 0.6) is 0 Å². The van der Waals surface area contributed by atoms with Gasteiger partial charge in [0.05, 0.1) is 10.7 Å². The number of anilines is 1. The van der Waals surface area contributed by atoms with Crippen LogP contribution in [-0.2, 0) is 0 Å². The number of amides is 1. The van der Waals surface area contributed by atoms with Crippen LogP contribution in [0.4, 0.5) is 5.69 Å². The lowest BCUT2D eigenvalue weighted by Gasteiger charge is -2.03. The topological polar surface area (TPSA) is 59.8 Å². The average Bonchev–Trinajstić information content (AvgIpc) is 3.29. The quantitative estimate of drug-likeness (QED) is 0.365. The van der Waals surface area contributed by atoms with E-state index in [0.717, 1.165) is 21.3 Å². The molecule has 2 aromatic heterocycles. The molecule has 0 aliphatic heterocycles. The Morgan fingerprint density at radius 2 is 1.72 bits per heavy atom. The van der Waals surface area contributed by atoms with Gasteiger partial charge in [0.2, 0.25) is 0 Å². The number of halogens is 2. The zero-order valence-electron chi connectivity index (χ0n) is 14.8. The van der Waals surface area contributed by atoms with Crippen LogP contribution in [0.2, 0.25) is 10.0 Å². The van der Waals surface area contributed by atoms with Crippen LogP contribution in [0, 0.1) is 0 Å². The van der Waals surface area contributed by atoms with Gasteiger partial charge in [-0.05, 0) is 42.5 Å². The molecule has 142 valence electrons. The predicted octanol–water partition coefficient (Wildman–Crippen LogP) is 6.19. The molecule has 8 heteroatoms. The van der Waals surface area contributed by atoms with Gasteiger partial charge in [-0.3, -0.25) is 4.79 Å². The third-order valence-electron chi connectivity index (χ3n) is 4.42. The molecule has 3 aromatic carbocycles. The van der Waals surface area contributed by atoms with Gasteiger partial charge < -0.3 is 5.32 Å². The number of rotatable bonds is 3. The van der Waals surface area contributed by atoms with Crippen LogP contribution < -0.4 is 5.32 Å². The van der Waals surface area contributed by atoms with Crippen LogP contribution in [0.3, 0.4) is 0 Å². The van der Waals surface area contributed by atoms with E-state index in [9.17, 15) is 4.79 Å². The molecule has 0 fully saturated rings. The number of carbonyl (C=O) groups excluding carboxylic acids is 1. The number of fused-ring (bicyclic) bond motifs is 2. The lowest BCUT2D eigenvalue weighted by atomic mass is 10.2. The second-order valence-corrected chi connectivity index (χ2v) is 8.23. The van der Waals surface area contributed by atoms with Crippen molar-refractivity contribution in [3.8, 4) is 5.69 Å². The Kier molecular flexibility index (Phi) is 4.47. The van der Waals surface area contributed by atoms with Crippen LogP contribution in [-0.4, -0.2) is 20.9 Å². The maximum atomic E-state index is 12.8. The zero-order valence-corrected chi connectivity index (χ0v) is 17.1. The summed E-state index contributed by atoms with van der Waals surface area (Å²) < 4.78 is 0.869. The van der Waals surface area contributed by atoms with E-state index in [-0.39, 0.29) is 5.91 Å². The highest BCUT2D eigenvalue weighted by molar-refractivity contribution is 7.21. The van der Waals surface area contributed by atoms with E-state index < -0.39 is 0 Å². The fraction of sp³-hybridized carbons (Fsp3) is 0. The normalized spacial score (nSPS) is 11.2. The summed E-state index contributed by atoms with van der Waals surface area (Å²) in [5, 5.41) is 13.7. The molecule has 0 spiro atoms. The van der Waals surface area contributed by atoms with E-state index in [2.05, 4.69) is 15.5 Å². The first-order valence-corrected chi connectivity index (χ1v) is 10.3. The fourth-order valence-corrected chi connectivity index (χ4v) is 4.73. The molecule has 0 aliphatic carbocycles. The van der Waals surface area contributed by atoms with E-state index in [1.54, 1.807) is 29.1 Å². The Morgan fingerprint density at radius 1 is 0.931 bits per heavy atom. The Balaban J connectivity index is 1.45. The van der Waals surface area contributed by atoms with Gasteiger partial charge in [0.15, 0.2) is 0 Å². The van der Waals surface area contributed by atoms with Gasteiger partial charge in [-0.25, -0.2) is 0 Å². The van der Waals surface area contributed by atoms with Crippen molar-refractivity contribution >= 4 is 67.3 Å². The molecule has 0 saturated carbocycles. The molecule has 0 unspecified atom stereocenters. The highest BCUT2D eigenvalue weighted by Gasteiger charge is 2.18. The number of carbonyl (C=O) groups is 1. The molecule has 5 rings (SSSR count). The number of aromatic nitrogens is 3. The van der Waals surface area contributed by atoms with E-state index in [0.29, 0.717) is 26.1 Å². The summed E-state index contributed by atoms with van der Waals surface area (Å²) in [5.74, 6) is -0.276. The molecule has 29 heavy (non-hydrogen) atoms. The van der Waals surface area contributed by atoms with Gasteiger partial charge in [-0.1, -0.05) is 47.5 Å². The molecule has 5 aromatic rings. The van der Waals surface area contributed by atoms with Crippen LogP contribution in [0.15, 0.2) is 66.7 Å². The molecule has 1 amide bonds. The number of hydrogen-bond acceptors (Lipinski definition) is 4. The van der Waals surface area contributed by atoms with Crippen molar-refractivity contribution in [2.24, 2.45) is 0 Å². The van der Waals surface area contributed by atoms with Gasteiger partial charge in [0.25, 0.3) is 5.91 Å². The Labute approximate surface area is 179 Å². The molecular formula is C21H12Cl2N4OS. The van der Waals surface area contributed by atoms with Gasteiger partial charge in [-0.15, -0.1) is 21.5 Å². The Hall–Kier alpha value is -2.93. The standard InChI is InChI=1S/C21H12Cl2N4OS/c22-12-6-8-15-18(10-12)29-20(19(15)23)21(28)24-13-7-9-16-17(11-13)26-27(25-16)14-4-2-1-3-5-14/h1-11H,(H,24,28). The van der Waals surface area contributed by atoms with Gasteiger partial charge in [0.1, 0.15) is 15.9 Å². The first-order chi connectivity index (χ1) is 14.1. The van der Waals surface area contributed by atoms with Crippen molar-refractivity contribution in [3.63, 3.8) is 0 Å². The van der Waals surface area contributed by atoms with E-state index in [1.807, 2.05) is 42.5 Å². The Morgan fingerprint density at radius 3 is 2.55 bits per heavy atom. The zero-order chi connectivity index (χ0) is 20.0. The third kappa shape index (κ3) is 3.35. The summed E-state index contributed by atoms with van der Waals surface area (Å²) in [6.07, 6.45) is 0. The molecule has 0 radical (unpaired) electrons. The molecule has 0 aliphatic rings. The lowest BCUT2D eigenvalue weighted by molar-refractivity contribution is 0.103. The SMILES string of the molecule is O=C(Nc1ccc2nn(-c3ccccc3)nc2c1)c1sc2cc(Cl)ccc2c1Cl. The van der Waals surface area contributed by atoms with Crippen LogP contribution in [0.1, 0.15) is 9.67 Å². The second-order valence-electron chi connectivity index (χ2n) is 6.37. The van der Waals surface area contributed by atoms with E-state index in [4.69, 9.17) is 23.2 Å². The minimum Gasteiger partial charge on any atom is -0.321 e. The number of thiophene rings is 1. The molecule has 0 atom stereocenters. The number of hydrogen-bond donors (Lipinski definition) is 1. The summed E-state index contributed by atoms with van der Waals surface area (Å²) in [4.78, 5) is 14.8. The summed E-state index contributed by atoms with van der Waals surface area (Å²) in [6.45, 7) is 0. The van der Waals surface area contributed by atoms with Crippen molar-refractivity contribution in [2.75, 3.05) is 5.32 Å². The second kappa shape index (κ2) is 7.15. The summed E-state index contributed by atoms with van der Waals surface area (Å²) in [6, 6.07) is 20.4. The predicted molar refractivity (Wildman–Crippen MR) is 119 cm³/mol. The van der Waals surface area contributed by atoms with Crippen LogP contribution >= 0.6 is 34.5 Å². The fourth-order valence-electron chi connectivity index (χ4n) is 3.04. The largest absolute Gasteiger partial charge is 0.321 e. The first-order valence-electron chi connectivity index (χ1n) is 8.70. The molecule has 1 N–H and O–H groups in total. The van der Waals surface area contributed by atoms with Gasteiger partial charge in [-0.2, -0.15) is 4.80 Å². The van der Waals surface area contributed by atoms with Crippen molar-refractivity contribution in [1.82, 2.24) is 15.0 Å². The van der Waals surface area contributed by atoms with Crippen molar-refractivity contribution in [3.05, 3.63) is 81.7 Å². The van der Waals surface area contributed by atoms with Crippen molar-refractivity contribution in [2.45, 2.75) is 0 Å². The molecular weight excluding hydrogens is 427 g/mol. The first kappa shape index (κ1) is 18.1. The van der Waals surface area contributed by atoms with E-state index >= 15 is 0 Å². The highest BCUT2D eigenvalue weighted by Crippen LogP contribution is 2.37. The molecule has 5 nitrogen and oxygen atoms in total. The molecule has 0 bridgehead atoms. The smallest absolute Gasteiger partial charge is 0.267 e. The Bertz CT molecular complexity index is 1380. The monoisotopic (exact) mass is 438 g/mol. The average molecular weight is 439 g/mol. The number of nitrogens with zero attached hydrogens (tertiary/aromatic N) is 3. The molecule has 0 saturated heterocycles. The van der Waals surface area contributed by atoms with E-state index in [1.165, 1.54) is 11.3 Å². The summed E-state index contributed by atoms with van der Waals surface area (Å²) >= 11 is 13.8. The highest BCUT2D eigenvalue weighted by atomic mass is 35.5. The summed E-state index contributed by atoms with van der Waals surface area (Å²) in [5.41, 5.74) is 2.90. The van der Waals surface area contributed by atoms with Crippen molar-refractivity contribution < 1.29 is 4.79 Å². The maximum absolute atomic E-state index is 12.8. The van der Waals surface area contributed by atoms with Crippen LogP contribution in [0.25, 0.3) is 26.8 Å². The lowest BCUT2D eigenvalue weighted by Crippen LogP contribution is -2.10. The third-order valence-corrected chi connectivity index (χ3v) is 6.31. The minimum atomic E-state index is -0.276. The molecule has 2 heterocycles. The van der Waals surface area contributed by atoms with Crippen molar-refractivity contribution in [1.29, 1.82) is 0 Å². The number of para-hydroxylation sites is 1. The number of benzene rings is 3. The van der Waals surface area contributed by atoms with Gasteiger partial charge >= 0.3 is 0 Å².